The van der Waals surface area contributed by atoms with E-state index in [9.17, 15) is 4.79 Å². The average molecular weight is 389 g/mol. The van der Waals surface area contributed by atoms with Gasteiger partial charge in [-0.1, -0.05) is 55.5 Å². The van der Waals surface area contributed by atoms with Gasteiger partial charge in [-0.25, -0.2) is 0 Å². The number of benzene rings is 3. The molecule has 0 radical (unpaired) electrons. The number of fused-ring (bicyclic) bond motifs is 2. The third kappa shape index (κ3) is 4.53. The Morgan fingerprint density at radius 2 is 1.86 bits per heavy atom. The van der Waals surface area contributed by atoms with E-state index in [0.29, 0.717) is 13.0 Å². The first-order valence-corrected chi connectivity index (χ1v) is 10.5. The SMILES string of the molecule is CC[C@H](Oc1ccc2ccccc2c1)C(=O)NCCCN1CCc2ccccc21. The van der Waals surface area contributed by atoms with Gasteiger partial charge in [0.2, 0.25) is 0 Å². The molecule has 1 aliphatic heterocycles. The number of hydrogen-bond donors (Lipinski definition) is 1. The van der Waals surface area contributed by atoms with E-state index in [1.807, 2.05) is 37.3 Å². The zero-order valence-corrected chi connectivity index (χ0v) is 16.9. The summed E-state index contributed by atoms with van der Waals surface area (Å²) in [5.74, 6) is 0.696. The number of para-hydroxylation sites is 1. The van der Waals surface area contributed by atoms with Crippen molar-refractivity contribution in [1.29, 1.82) is 0 Å². The van der Waals surface area contributed by atoms with E-state index < -0.39 is 6.10 Å². The summed E-state index contributed by atoms with van der Waals surface area (Å²) in [6.45, 7) is 4.66. The van der Waals surface area contributed by atoms with E-state index in [2.05, 4.69) is 46.6 Å². The number of amides is 1. The minimum atomic E-state index is -0.469. The second-order valence-electron chi connectivity index (χ2n) is 7.53. The zero-order valence-electron chi connectivity index (χ0n) is 16.9. The largest absolute Gasteiger partial charge is 0.481 e. The predicted molar refractivity (Wildman–Crippen MR) is 119 cm³/mol. The minimum absolute atomic E-state index is 0.0394. The maximum absolute atomic E-state index is 12.6. The van der Waals surface area contributed by atoms with Crippen molar-refractivity contribution in [2.24, 2.45) is 0 Å². The van der Waals surface area contributed by atoms with Crippen LogP contribution in [0.25, 0.3) is 10.8 Å². The van der Waals surface area contributed by atoms with Gasteiger partial charge in [0.15, 0.2) is 6.10 Å². The van der Waals surface area contributed by atoms with Gasteiger partial charge in [0, 0.05) is 25.3 Å². The van der Waals surface area contributed by atoms with E-state index in [1.54, 1.807) is 0 Å². The van der Waals surface area contributed by atoms with Gasteiger partial charge in [-0.05, 0) is 53.8 Å². The van der Waals surface area contributed by atoms with E-state index >= 15 is 0 Å². The van der Waals surface area contributed by atoms with Crippen LogP contribution in [0.4, 0.5) is 5.69 Å². The Hall–Kier alpha value is -3.01. The molecule has 3 aromatic carbocycles. The summed E-state index contributed by atoms with van der Waals surface area (Å²) in [5, 5.41) is 5.33. The van der Waals surface area contributed by atoms with Gasteiger partial charge in [0.05, 0.1) is 0 Å². The number of ether oxygens (including phenoxy) is 1. The van der Waals surface area contributed by atoms with Crippen molar-refractivity contribution >= 4 is 22.4 Å². The van der Waals surface area contributed by atoms with E-state index in [0.717, 1.165) is 37.1 Å². The lowest BCUT2D eigenvalue weighted by Gasteiger charge is -2.20. The van der Waals surface area contributed by atoms with Crippen molar-refractivity contribution in [3.8, 4) is 5.75 Å². The Morgan fingerprint density at radius 1 is 1.07 bits per heavy atom. The molecular weight excluding hydrogens is 360 g/mol. The fourth-order valence-electron chi connectivity index (χ4n) is 3.96. The van der Waals surface area contributed by atoms with Crippen molar-refractivity contribution in [2.75, 3.05) is 24.5 Å². The Labute approximate surface area is 172 Å². The molecule has 0 saturated heterocycles. The molecule has 4 heteroatoms. The maximum atomic E-state index is 12.6. The predicted octanol–water partition coefficient (Wildman–Crippen LogP) is 4.57. The van der Waals surface area contributed by atoms with Crippen LogP contribution in [-0.4, -0.2) is 31.6 Å². The summed E-state index contributed by atoms with van der Waals surface area (Å²) in [7, 11) is 0. The zero-order chi connectivity index (χ0) is 20.1. The molecule has 150 valence electrons. The fraction of sp³-hybridized carbons (Fsp3) is 0.320. The molecule has 29 heavy (non-hydrogen) atoms. The van der Waals surface area contributed by atoms with Crippen LogP contribution in [-0.2, 0) is 11.2 Å². The van der Waals surface area contributed by atoms with Gasteiger partial charge in [-0.2, -0.15) is 0 Å². The van der Waals surface area contributed by atoms with Crippen LogP contribution in [0.15, 0.2) is 66.7 Å². The lowest BCUT2D eigenvalue weighted by molar-refractivity contribution is -0.128. The summed E-state index contributed by atoms with van der Waals surface area (Å²) in [6, 6.07) is 22.7. The first-order chi connectivity index (χ1) is 14.2. The molecule has 1 heterocycles. The smallest absolute Gasteiger partial charge is 0.261 e. The number of nitrogens with one attached hydrogen (secondary N) is 1. The van der Waals surface area contributed by atoms with Crippen LogP contribution in [0.3, 0.4) is 0 Å². The van der Waals surface area contributed by atoms with E-state index in [1.165, 1.54) is 16.6 Å². The number of hydrogen-bond acceptors (Lipinski definition) is 3. The molecule has 1 N–H and O–H groups in total. The summed E-state index contributed by atoms with van der Waals surface area (Å²) < 4.78 is 5.99. The van der Waals surface area contributed by atoms with E-state index in [4.69, 9.17) is 4.74 Å². The van der Waals surface area contributed by atoms with Gasteiger partial charge in [0.25, 0.3) is 5.91 Å². The molecule has 1 amide bonds. The number of carbonyl (C=O) groups is 1. The molecule has 4 nitrogen and oxygen atoms in total. The molecule has 0 fully saturated rings. The monoisotopic (exact) mass is 388 g/mol. The van der Waals surface area contributed by atoms with Crippen LogP contribution in [0, 0.1) is 0 Å². The molecule has 0 aliphatic carbocycles. The molecule has 0 bridgehead atoms. The second kappa shape index (κ2) is 8.99. The van der Waals surface area contributed by atoms with Crippen LogP contribution in [0.5, 0.6) is 5.75 Å². The Morgan fingerprint density at radius 3 is 2.72 bits per heavy atom. The standard InChI is InChI=1S/C25H28N2O2/c1-2-24(29-22-13-12-19-8-3-4-10-21(19)18-22)25(28)26-15-7-16-27-17-14-20-9-5-6-11-23(20)27/h3-6,8-13,18,24H,2,7,14-17H2,1H3,(H,26,28)/t24-/m0/s1. The highest BCUT2D eigenvalue weighted by Crippen LogP contribution is 2.27. The average Bonchev–Trinajstić information content (AvgIpc) is 3.18. The van der Waals surface area contributed by atoms with Crippen LogP contribution >= 0.6 is 0 Å². The third-order valence-electron chi connectivity index (χ3n) is 5.55. The normalized spacial score (nSPS) is 13.9. The maximum Gasteiger partial charge on any atom is 0.261 e. The third-order valence-corrected chi connectivity index (χ3v) is 5.55. The number of rotatable bonds is 8. The molecule has 1 aliphatic rings. The second-order valence-corrected chi connectivity index (χ2v) is 7.53. The van der Waals surface area contributed by atoms with Gasteiger partial charge in [-0.15, -0.1) is 0 Å². The summed E-state index contributed by atoms with van der Waals surface area (Å²) in [5.41, 5.74) is 2.76. The molecule has 3 aromatic rings. The van der Waals surface area contributed by atoms with Crippen LogP contribution in [0.1, 0.15) is 25.3 Å². The van der Waals surface area contributed by atoms with E-state index in [-0.39, 0.29) is 5.91 Å². The fourth-order valence-corrected chi connectivity index (χ4v) is 3.96. The lowest BCUT2D eigenvalue weighted by Crippen LogP contribution is -2.39. The molecule has 0 saturated carbocycles. The highest BCUT2D eigenvalue weighted by atomic mass is 16.5. The Balaban J connectivity index is 1.26. The summed E-state index contributed by atoms with van der Waals surface area (Å²) >= 11 is 0. The van der Waals surface area contributed by atoms with Crippen molar-refractivity contribution in [3.63, 3.8) is 0 Å². The van der Waals surface area contributed by atoms with Crippen LogP contribution < -0.4 is 15.0 Å². The highest BCUT2D eigenvalue weighted by Gasteiger charge is 2.20. The highest BCUT2D eigenvalue weighted by molar-refractivity contribution is 5.84. The lowest BCUT2D eigenvalue weighted by atomic mass is 10.1. The molecule has 0 unspecified atom stereocenters. The number of anilines is 1. The molecular formula is C25H28N2O2. The molecule has 4 rings (SSSR count). The van der Waals surface area contributed by atoms with Gasteiger partial charge in [0.1, 0.15) is 5.75 Å². The topological polar surface area (TPSA) is 41.6 Å². The van der Waals surface area contributed by atoms with Crippen molar-refractivity contribution in [2.45, 2.75) is 32.3 Å². The number of nitrogens with zero attached hydrogens (tertiary/aromatic N) is 1. The molecule has 0 spiro atoms. The summed E-state index contributed by atoms with van der Waals surface area (Å²) in [6.07, 6.45) is 2.20. The Bertz CT molecular complexity index is 985. The summed E-state index contributed by atoms with van der Waals surface area (Å²) in [4.78, 5) is 15.0. The first-order valence-electron chi connectivity index (χ1n) is 10.5. The van der Waals surface area contributed by atoms with Crippen molar-refractivity contribution in [1.82, 2.24) is 5.32 Å². The molecule has 0 aromatic heterocycles. The van der Waals surface area contributed by atoms with Gasteiger partial charge < -0.3 is 15.0 Å². The van der Waals surface area contributed by atoms with Crippen molar-refractivity contribution in [3.05, 3.63) is 72.3 Å². The van der Waals surface area contributed by atoms with Crippen LogP contribution in [0.2, 0.25) is 0 Å². The van der Waals surface area contributed by atoms with Gasteiger partial charge >= 0.3 is 0 Å². The van der Waals surface area contributed by atoms with Gasteiger partial charge in [-0.3, -0.25) is 4.79 Å². The first kappa shape index (κ1) is 19.3. The minimum Gasteiger partial charge on any atom is -0.481 e. The quantitative estimate of drug-likeness (QED) is 0.575. The number of carbonyl (C=O) groups excluding carboxylic acids is 1. The molecule has 1 atom stereocenters. The van der Waals surface area contributed by atoms with Crippen molar-refractivity contribution < 1.29 is 9.53 Å². The Kier molecular flexibility index (Phi) is 5.99.